The number of hydrogen-bond acceptors (Lipinski definition) is 10. The fourth-order valence-electron chi connectivity index (χ4n) is 6.40. The van der Waals surface area contributed by atoms with Crippen LogP contribution in [0.3, 0.4) is 0 Å². The van der Waals surface area contributed by atoms with Crippen LogP contribution in [0.5, 0.6) is 11.5 Å². The van der Waals surface area contributed by atoms with Gasteiger partial charge in [-0.15, -0.1) is 0 Å². The summed E-state index contributed by atoms with van der Waals surface area (Å²) in [5.74, 6) is -1.43. The molecule has 2 aliphatic heterocycles. The minimum atomic E-state index is -1.20. The summed E-state index contributed by atoms with van der Waals surface area (Å²) in [7, 11) is 1.43. The second-order valence-corrected chi connectivity index (χ2v) is 13.7. The van der Waals surface area contributed by atoms with Gasteiger partial charge in [0.05, 0.1) is 17.7 Å². The summed E-state index contributed by atoms with van der Waals surface area (Å²) in [6.07, 6.45) is -4.89. The van der Waals surface area contributed by atoms with Crippen LogP contribution in [0.4, 0.5) is 0 Å². The van der Waals surface area contributed by atoms with E-state index in [2.05, 4.69) is 0 Å². The highest BCUT2D eigenvalue weighted by molar-refractivity contribution is 5.91. The van der Waals surface area contributed by atoms with Crippen molar-refractivity contribution in [3.05, 3.63) is 129 Å². The van der Waals surface area contributed by atoms with Crippen molar-refractivity contribution in [2.45, 2.75) is 91.2 Å². The monoisotopic (exact) mass is 710 g/mol. The molecule has 4 aromatic rings. The SMILES string of the molecule is CO[C@@H]1OC2COC(C)(C)O[C@H]2[C@H](OC(=O)c2cc(C)c(C)c(C)c2)C1OC(=O)c1cc(C)c(OCc2ccccc2)c(OCc2ccccc2)c1. The molecule has 6 rings (SSSR count). The van der Waals surface area contributed by atoms with Gasteiger partial charge in [0.2, 0.25) is 0 Å². The van der Waals surface area contributed by atoms with E-state index in [0.29, 0.717) is 29.2 Å². The van der Waals surface area contributed by atoms with E-state index < -0.39 is 48.4 Å². The van der Waals surface area contributed by atoms with Crippen LogP contribution in [-0.2, 0) is 41.6 Å². The maximum atomic E-state index is 14.1. The first-order chi connectivity index (χ1) is 24.9. The van der Waals surface area contributed by atoms with Crippen LogP contribution in [0.15, 0.2) is 84.9 Å². The zero-order valence-corrected chi connectivity index (χ0v) is 30.7. The van der Waals surface area contributed by atoms with Gasteiger partial charge in [-0.25, -0.2) is 9.59 Å². The Morgan fingerprint density at radius 1 is 0.731 bits per heavy atom. The normalized spacial score (nSPS) is 22.2. The molecule has 5 atom stereocenters. The predicted molar refractivity (Wildman–Crippen MR) is 192 cm³/mol. The molecule has 2 unspecified atom stereocenters. The molecule has 0 bridgehead atoms. The third-order valence-electron chi connectivity index (χ3n) is 9.43. The Balaban J connectivity index is 1.31. The second-order valence-electron chi connectivity index (χ2n) is 13.7. The smallest absolute Gasteiger partial charge is 0.338 e. The summed E-state index contributed by atoms with van der Waals surface area (Å²) in [6.45, 7) is 12.0. The van der Waals surface area contributed by atoms with Crippen molar-refractivity contribution in [3.63, 3.8) is 0 Å². The first-order valence-corrected chi connectivity index (χ1v) is 17.4. The number of ether oxygens (including phenoxy) is 8. The number of rotatable bonds is 11. The highest BCUT2D eigenvalue weighted by Gasteiger charge is 2.55. The first kappa shape index (κ1) is 37.0. The number of methoxy groups -OCH3 is 1. The van der Waals surface area contributed by atoms with E-state index in [4.69, 9.17) is 37.9 Å². The van der Waals surface area contributed by atoms with Gasteiger partial charge in [0.1, 0.15) is 25.4 Å². The van der Waals surface area contributed by atoms with Crippen LogP contribution in [-0.4, -0.2) is 62.1 Å². The molecule has 0 radical (unpaired) electrons. The predicted octanol–water partition coefficient (Wildman–Crippen LogP) is 7.35. The molecule has 0 spiro atoms. The van der Waals surface area contributed by atoms with Gasteiger partial charge < -0.3 is 37.9 Å². The van der Waals surface area contributed by atoms with E-state index in [-0.39, 0.29) is 18.8 Å². The highest BCUT2D eigenvalue weighted by Crippen LogP contribution is 2.38. The van der Waals surface area contributed by atoms with Crippen LogP contribution in [0, 0.1) is 27.7 Å². The molecule has 2 saturated heterocycles. The van der Waals surface area contributed by atoms with E-state index in [1.54, 1.807) is 38.1 Å². The maximum absolute atomic E-state index is 14.1. The van der Waals surface area contributed by atoms with Gasteiger partial charge in [0, 0.05) is 7.11 Å². The standard InChI is InChI=1S/C42H46O10/c1-25-18-31(19-26(2)28(25)4)39(43)50-37-36-34(24-48-42(5,6)52-36)49-41(45-7)38(37)51-40(44)32-20-27(3)35(47-23-30-16-12-9-13-17-30)33(21-32)46-22-29-14-10-8-11-15-29/h8-21,34,36-38,41H,22-24H2,1-7H3/t34?,36-,37+,38?,41-/m1/s1. The molecular weight excluding hydrogens is 664 g/mol. The Bertz CT molecular complexity index is 1850. The van der Waals surface area contributed by atoms with E-state index in [1.807, 2.05) is 88.4 Å². The summed E-state index contributed by atoms with van der Waals surface area (Å²) >= 11 is 0. The van der Waals surface area contributed by atoms with Crippen molar-refractivity contribution in [1.29, 1.82) is 0 Å². The molecule has 10 heteroatoms. The summed E-state index contributed by atoms with van der Waals surface area (Å²) < 4.78 is 48.9. The van der Waals surface area contributed by atoms with E-state index >= 15 is 0 Å². The lowest BCUT2D eigenvalue weighted by Crippen LogP contribution is -2.66. The van der Waals surface area contributed by atoms with Gasteiger partial charge in [-0.3, -0.25) is 0 Å². The number of aryl methyl sites for hydroxylation is 3. The van der Waals surface area contributed by atoms with Crippen molar-refractivity contribution >= 4 is 11.9 Å². The topological polar surface area (TPSA) is 108 Å². The molecule has 2 aliphatic rings. The van der Waals surface area contributed by atoms with E-state index in [1.165, 1.54) is 7.11 Å². The number of esters is 2. The van der Waals surface area contributed by atoms with Crippen molar-refractivity contribution in [1.82, 2.24) is 0 Å². The minimum absolute atomic E-state index is 0.154. The molecule has 0 amide bonds. The Hall–Kier alpha value is -4.74. The molecule has 10 nitrogen and oxygen atoms in total. The summed E-state index contributed by atoms with van der Waals surface area (Å²) in [5.41, 5.74) is 6.16. The van der Waals surface area contributed by atoms with Gasteiger partial charge >= 0.3 is 11.9 Å². The zero-order chi connectivity index (χ0) is 37.0. The molecular formula is C42H46O10. The fraction of sp³-hybridized carbons (Fsp3) is 0.381. The first-order valence-electron chi connectivity index (χ1n) is 17.4. The summed E-state index contributed by atoms with van der Waals surface area (Å²) in [6, 6.07) is 26.3. The Labute approximate surface area is 304 Å². The van der Waals surface area contributed by atoms with Crippen LogP contribution in [0.1, 0.15) is 67.9 Å². The molecule has 0 N–H and O–H groups in total. The van der Waals surface area contributed by atoms with Crippen molar-refractivity contribution in [2.24, 2.45) is 0 Å². The third-order valence-corrected chi connectivity index (χ3v) is 9.43. The van der Waals surface area contributed by atoms with Crippen LogP contribution < -0.4 is 9.47 Å². The van der Waals surface area contributed by atoms with Crippen molar-refractivity contribution < 1.29 is 47.5 Å². The zero-order valence-electron chi connectivity index (χ0n) is 30.7. The molecule has 4 aromatic carbocycles. The molecule has 2 heterocycles. The van der Waals surface area contributed by atoms with Crippen molar-refractivity contribution in [3.8, 4) is 11.5 Å². The van der Waals surface area contributed by atoms with Gasteiger partial charge in [-0.1, -0.05) is 60.7 Å². The highest BCUT2D eigenvalue weighted by atomic mass is 16.8. The van der Waals surface area contributed by atoms with E-state index in [9.17, 15) is 9.59 Å². The Kier molecular flexibility index (Phi) is 11.3. The lowest BCUT2D eigenvalue weighted by molar-refractivity contribution is -0.378. The number of fused-ring (bicyclic) bond motifs is 1. The minimum Gasteiger partial charge on any atom is -0.485 e. The molecule has 0 saturated carbocycles. The van der Waals surface area contributed by atoms with Crippen molar-refractivity contribution in [2.75, 3.05) is 13.7 Å². The Morgan fingerprint density at radius 3 is 1.87 bits per heavy atom. The fourth-order valence-corrected chi connectivity index (χ4v) is 6.40. The third kappa shape index (κ3) is 8.48. The number of carbonyl (C=O) groups is 2. The lowest BCUT2D eigenvalue weighted by atomic mass is 9.96. The molecule has 0 aromatic heterocycles. The quantitative estimate of drug-likeness (QED) is 0.147. The van der Waals surface area contributed by atoms with Gasteiger partial charge in [-0.05, 0) is 99.2 Å². The average Bonchev–Trinajstić information content (AvgIpc) is 3.13. The van der Waals surface area contributed by atoms with Gasteiger partial charge in [-0.2, -0.15) is 0 Å². The number of hydrogen-bond donors (Lipinski definition) is 0. The van der Waals surface area contributed by atoms with Gasteiger partial charge in [0.15, 0.2) is 35.8 Å². The largest absolute Gasteiger partial charge is 0.485 e. The molecule has 0 aliphatic carbocycles. The number of benzene rings is 4. The van der Waals surface area contributed by atoms with Crippen LogP contribution >= 0.6 is 0 Å². The van der Waals surface area contributed by atoms with Crippen LogP contribution in [0.25, 0.3) is 0 Å². The second kappa shape index (κ2) is 15.9. The van der Waals surface area contributed by atoms with E-state index in [0.717, 1.165) is 27.8 Å². The Morgan fingerprint density at radius 2 is 1.27 bits per heavy atom. The average molecular weight is 711 g/mol. The van der Waals surface area contributed by atoms with Crippen LogP contribution in [0.2, 0.25) is 0 Å². The van der Waals surface area contributed by atoms with Gasteiger partial charge in [0.25, 0.3) is 0 Å². The summed E-state index contributed by atoms with van der Waals surface area (Å²) in [4.78, 5) is 27.9. The maximum Gasteiger partial charge on any atom is 0.338 e. The molecule has 2 fully saturated rings. The number of carbonyl (C=O) groups excluding carboxylic acids is 2. The molecule has 52 heavy (non-hydrogen) atoms. The molecule has 274 valence electrons. The summed E-state index contributed by atoms with van der Waals surface area (Å²) in [5, 5.41) is 0. The lowest BCUT2D eigenvalue weighted by Gasteiger charge is -2.49.